The van der Waals surface area contributed by atoms with Gasteiger partial charge in [0.2, 0.25) is 0 Å². The van der Waals surface area contributed by atoms with Crippen LogP contribution in [0, 0.1) is 6.92 Å². The molecule has 0 aliphatic carbocycles. The number of aldehydes is 1. The van der Waals surface area contributed by atoms with Crippen LogP contribution in [0.15, 0.2) is 36.4 Å². The summed E-state index contributed by atoms with van der Waals surface area (Å²) in [5.74, 6) is 0.0693. The molecule has 2 nitrogen and oxygen atoms in total. The molecule has 0 heterocycles. The van der Waals surface area contributed by atoms with Gasteiger partial charge in [0, 0.05) is 5.56 Å². The van der Waals surface area contributed by atoms with E-state index in [1.807, 2.05) is 0 Å². The topological polar surface area (TPSA) is 37.3 Å². The average molecular weight is 306 g/mol. The minimum absolute atomic E-state index is 0.0693. The number of hydrogen-bond donors (Lipinski definition) is 1. The molecule has 2 rings (SSSR count). The highest BCUT2D eigenvalue weighted by atomic mass is 19.4. The van der Waals surface area contributed by atoms with Crippen LogP contribution in [0.3, 0.4) is 0 Å². The van der Waals surface area contributed by atoms with Crippen LogP contribution in [0.5, 0.6) is 5.75 Å². The van der Waals surface area contributed by atoms with Gasteiger partial charge < -0.3 is 5.11 Å². The van der Waals surface area contributed by atoms with Crippen molar-refractivity contribution in [2.45, 2.75) is 13.1 Å². The van der Waals surface area contributed by atoms with E-state index in [9.17, 15) is 23.1 Å². The molecule has 0 aliphatic heterocycles. The maximum atomic E-state index is 13.0. The van der Waals surface area contributed by atoms with Crippen molar-refractivity contribution < 1.29 is 23.1 Å². The van der Waals surface area contributed by atoms with Gasteiger partial charge >= 0.3 is 6.18 Å². The molecule has 114 valence electrons. The predicted molar refractivity (Wildman–Crippen MR) is 78.6 cm³/mol. The van der Waals surface area contributed by atoms with E-state index in [1.165, 1.54) is 24.3 Å². The normalized spacial score (nSPS) is 11.8. The minimum Gasteiger partial charge on any atom is -0.508 e. The van der Waals surface area contributed by atoms with Crippen LogP contribution >= 0.6 is 0 Å². The van der Waals surface area contributed by atoms with Crippen molar-refractivity contribution in [2.75, 3.05) is 0 Å². The van der Waals surface area contributed by atoms with Crippen molar-refractivity contribution in [1.29, 1.82) is 0 Å². The Balaban J connectivity index is 2.49. The smallest absolute Gasteiger partial charge is 0.416 e. The summed E-state index contributed by atoms with van der Waals surface area (Å²) in [5, 5.41) is 9.60. The van der Waals surface area contributed by atoms with E-state index < -0.39 is 11.7 Å². The van der Waals surface area contributed by atoms with Gasteiger partial charge in [0.25, 0.3) is 0 Å². The van der Waals surface area contributed by atoms with Crippen molar-refractivity contribution in [3.05, 3.63) is 64.2 Å². The number of phenols is 1. The van der Waals surface area contributed by atoms with Crippen LogP contribution in [0.1, 0.15) is 32.6 Å². The van der Waals surface area contributed by atoms with Gasteiger partial charge in [-0.15, -0.1) is 0 Å². The van der Waals surface area contributed by atoms with Crippen molar-refractivity contribution >= 4 is 18.4 Å². The monoisotopic (exact) mass is 306 g/mol. The van der Waals surface area contributed by atoms with Crippen LogP contribution < -0.4 is 0 Å². The molecule has 0 unspecified atom stereocenters. The van der Waals surface area contributed by atoms with E-state index >= 15 is 0 Å². The van der Waals surface area contributed by atoms with Crippen LogP contribution in [0.25, 0.3) is 12.2 Å². The van der Waals surface area contributed by atoms with Gasteiger partial charge in [-0.3, -0.25) is 4.79 Å². The first-order valence-electron chi connectivity index (χ1n) is 6.46. The Morgan fingerprint density at radius 1 is 1.05 bits per heavy atom. The highest BCUT2D eigenvalue weighted by molar-refractivity contribution is 5.80. The number of aromatic hydroxyl groups is 1. The summed E-state index contributed by atoms with van der Waals surface area (Å²) in [4.78, 5) is 10.8. The molecule has 22 heavy (non-hydrogen) atoms. The Morgan fingerprint density at radius 2 is 1.73 bits per heavy atom. The van der Waals surface area contributed by atoms with Crippen LogP contribution in [-0.4, -0.2) is 11.4 Å². The SMILES string of the molecule is Cc1c(O)cccc1/C=C/c1cc(C=O)ccc1C(F)(F)F. The Morgan fingerprint density at radius 3 is 2.36 bits per heavy atom. The molecule has 0 aromatic heterocycles. The maximum absolute atomic E-state index is 13.0. The molecule has 0 radical (unpaired) electrons. The second kappa shape index (κ2) is 6.05. The highest BCUT2D eigenvalue weighted by Crippen LogP contribution is 2.33. The number of phenolic OH excluding ortho intramolecular Hbond substituents is 1. The lowest BCUT2D eigenvalue weighted by Gasteiger charge is -2.11. The second-order valence-electron chi connectivity index (χ2n) is 4.79. The fourth-order valence-corrected chi connectivity index (χ4v) is 2.05. The Kier molecular flexibility index (Phi) is 4.35. The molecule has 2 aromatic carbocycles. The third-order valence-electron chi connectivity index (χ3n) is 3.31. The van der Waals surface area contributed by atoms with E-state index in [1.54, 1.807) is 19.1 Å². The van der Waals surface area contributed by atoms with Gasteiger partial charge in [-0.25, -0.2) is 0 Å². The molecule has 2 aromatic rings. The largest absolute Gasteiger partial charge is 0.508 e. The van der Waals surface area contributed by atoms with E-state index in [-0.39, 0.29) is 16.9 Å². The average Bonchev–Trinajstić information content (AvgIpc) is 2.47. The number of carbonyl (C=O) groups excluding carboxylic acids is 1. The molecular formula is C17H13F3O2. The lowest BCUT2D eigenvalue weighted by atomic mass is 10.0. The fraction of sp³-hybridized carbons (Fsp3) is 0.118. The third-order valence-corrected chi connectivity index (χ3v) is 3.31. The number of hydrogen-bond acceptors (Lipinski definition) is 2. The summed E-state index contributed by atoms with van der Waals surface area (Å²) in [5.41, 5.74) is 0.427. The van der Waals surface area contributed by atoms with Gasteiger partial charge in [0.1, 0.15) is 12.0 Å². The van der Waals surface area contributed by atoms with Crippen LogP contribution in [0.2, 0.25) is 0 Å². The van der Waals surface area contributed by atoms with E-state index in [4.69, 9.17) is 0 Å². The summed E-state index contributed by atoms with van der Waals surface area (Å²) in [6.07, 6.45) is -1.24. The van der Waals surface area contributed by atoms with Gasteiger partial charge in [0.15, 0.2) is 0 Å². The summed E-state index contributed by atoms with van der Waals surface area (Å²) in [6, 6.07) is 7.99. The molecule has 0 spiro atoms. The Bertz CT molecular complexity index is 731. The lowest BCUT2D eigenvalue weighted by molar-refractivity contribution is -0.137. The molecule has 0 fully saturated rings. The number of rotatable bonds is 3. The second-order valence-corrected chi connectivity index (χ2v) is 4.79. The van der Waals surface area contributed by atoms with Gasteiger partial charge in [-0.2, -0.15) is 13.2 Å². The zero-order chi connectivity index (χ0) is 16.3. The number of alkyl halides is 3. The summed E-state index contributed by atoms with van der Waals surface area (Å²) < 4.78 is 39.0. The van der Waals surface area contributed by atoms with Crippen molar-refractivity contribution in [2.24, 2.45) is 0 Å². The van der Waals surface area contributed by atoms with Crippen LogP contribution in [0.4, 0.5) is 13.2 Å². The van der Waals surface area contributed by atoms with Gasteiger partial charge in [-0.05, 0) is 41.8 Å². The van der Waals surface area contributed by atoms with Crippen LogP contribution in [-0.2, 0) is 6.18 Å². The van der Waals surface area contributed by atoms with E-state index in [2.05, 4.69) is 0 Å². The van der Waals surface area contributed by atoms with Crippen molar-refractivity contribution in [3.8, 4) is 5.75 Å². The molecule has 0 saturated carbocycles. The number of carbonyl (C=O) groups is 1. The molecule has 0 amide bonds. The van der Waals surface area contributed by atoms with E-state index in [0.29, 0.717) is 17.4 Å². The first-order valence-corrected chi connectivity index (χ1v) is 6.46. The molecule has 0 aliphatic rings. The van der Waals surface area contributed by atoms with E-state index in [0.717, 1.165) is 12.1 Å². The molecule has 0 atom stereocenters. The van der Waals surface area contributed by atoms with Crippen molar-refractivity contribution in [3.63, 3.8) is 0 Å². The zero-order valence-corrected chi connectivity index (χ0v) is 11.7. The zero-order valence-electron chi connectivity index (χ0n) is 11.7. The van der Waals surface area contributed by atoms with Crippen molar-refractivity contribution in [1.82, 2.24) is 0 Å². The predicted octanol–water partition coefficient (Wildman–Crippen LogP) is 4.70. The molecule has 1 N–H and O–H groups in total. The Hall–Kier alpha value is -2.56. The third kappa shape index (κ3) is 3.36. The molecule has 5 heteroatoms. The number of benzene rings is 2. The molecular weight excluding hydrogens is 293 g/mol. The fourth-order valence-electron chi connectivity index (χ4n) is 2.05. The minimum atomic E-state index is -4.51. The summed E-state index contributed by atoms with van der Waals surface area (Å²) in [7, 11) is 0. The first-order chi connectivity index (χ1) is 10.3. The van der Waals surface area contributed by atoms with Gasteiger partial charge in [-0.1, -0.05) is 30.4 Å². The first kappa shape index (κ1) is 15.8. The molecule has 0 bridgehead atoms. The quantitative estimate of drug-likeness (QED) is 0.659. The number of halogens is 3. The molecule has 0 saturated heterocycles. The Labute approximate surface area is 125 Å². The maximum Gasteiger partial charge on any atom is 0.416 e. The standard InChI is InChI=1S/C17H13F3O2/c1-11-13(3-2-4-16(11)22)6-7-14-9-12(10-21)5-8-15(14)17(18,19)20/h2-10,22H,1H3/b7-6+. The lowest BCUT2D eigenvalue weighted by Crippen LogP contribution is -2.07. The highest BCUT2D eigenvalue weighted by Gasteiger charge is 2.32. The van der Waals surface area contributed by atoms with Gasteiger partial charge in [0.05, 0.1) is 5.56 Å². The summed E-state index contributed by atoms with van der Waals surface area (Å²) >= 11 is 0. The summed E-state index contributed by atoms with van der Waals surface area (Å²) in [6.45, 7) is 1.67.